The highest BCUT2D eigenvalue weighted by Crippen LogP contribution is 2.33. The number of anilines is 1. The van der Waals surface area contributed by atoms with Crippen LogP contribution in [0.5, 0.6) is 5.75 Å². The van der Waals surface area contributed by atoms with Crippen molar-refractivity contribution >= 4 is 47.6 Å². The van der Waals surface area contributed by atoms with E-state index in [1.165, 1.54) is 7.11 Å². The topological polar surface area (TPSA) is 167 Å². The van der Waals surface area contributed by atoms with Crippen LogP contribution in [0.2, 0.25) is 0 Å². The van der Waals surface area contributed by atoms with Crippen LogP contribution in [-0.2, 0) is 9.59 Å². The molecule has 2 saturated heterocycles. The summed E-state index contributed by atoms with van der Waals surface area (Å²) in [5, 5.41) is 22.3. The molecule has 0 spiro atoms. The third-order valence-electron chi connectivity index (χ3n) is 12.3. The summed E-state index contributed by atoms with van der Waals surface area (Å²) >= 11 is 0. The maximum absolute atomic E-state index is 13.4. The first-order valence-electron chi connectivity index (χ1n) is 20.0. The van der Waals surface area contributed by atoms with Gasteiger partial charge in [0.15, 0.2) is 12.4 Å². The summed E-state index contributed by atoms with van der Waals surface area (Å²) in [7, 11) is 1.54. The quantitative estimate of drug-likeness (QED) is 0.247. The maximum Gasteiger partial charge on any atom is 0.262 e. The number of aliphatic hydroxyl groups is 1. The molecular formula is C42H47N8O7+. The molecule has 0 bridgehead atoms. The van der Waals surface area contributed by atoms with Gasteiger partial charge in [-0.3, -0.25) is 39.1 Å². The van der Waals surface area contributed by atoms with Crippen LogP contribution in [0.25, 0.3) is 6.20 Å². The van der Waals surface area contributed by atoms with Crippen molar-refractivity contribution in [3.63, 3.8) is 0 Å². The van der Waals surface area contributed by atoms with Gasteiger partial charge in [-0.15, -0.1) is 0 Å². The van der Waals surface area contributed by atoms with E-state index < -0.39 is 35.9 Å². The molecule has 3 N–H and O–H groups in total. The Morgan fingerprint density at radius 3 is 2.49 bits per heavy atom. The first-order valence-corrected chi connectivity index (χ1v) is 20.0. The van der Waals surface area contributed by atoms with Crippen LogP contribution in [0.4, 0.5) is 5.69 Å². The average molecular weight is 776 g/mol. The first-order chi connectivity index (χ1) is 27.6. The van der Waals surface area contributed by atoms with Crippen LogP contribution in [0.1, 0.15) is 82.4 Å². The van der Waals surface area contributed by atoms with E-state index in [-0.39, 0.29) is 18.7 Å². The smallest absolute Gasteiger partial charge is 0.262 e. The zero-order valence-electron chi connectivity index (χ0n) is 31.9. The molecule has 5 aliphatic heterocycles. The summed E-state index contributed by atoms with van der Waals surface area (Å²) in [5.41, 5.74) is 2.30. The number of carbonyl (C=O) groups excluding carboxylic acids is 5. The minimum absolute atomic E-state index is 0.0913. The summed E-state index contributed by atoms with van der Waals surface area (Å²) in [6.07, 6.45) is 15.3. The van der Waals surface area contributed by atoms with E-state index in [1.54, 1.807) is 30.3 Å². The number of ether oxygens (including phenoxy) is 1. The molecule has 0 radical (unpaired) electrons. The second-order valence-corrected chi connectivity index (χ2v) is 16.1. The lowest BCUT2D eigenvalue weighted by Crippen LogP contribution is -2.54. The third-order valence-corrected chi connectivity index (χ3v) is 12.3. The number of carbonyl (C=O) groups is 5. The maximum atomic E-state index is 13.4. The molecule has 0 aromatic heterocycles. The van der Waals surface area contributed by atoms with Gasteiger partial charge < -0.3 is 25.0 Å². The molecule has 4 fully saturated rings. The van der Waals surface area contributed by atoms with E-state index in [0.717, 1.165) is 92.4 Å². The summed E-state index contributed by atoms with van der Waals surface area (Å²) in [5.74, 6) is -0.908. The van der Waals surface area contributed by atoms with Gasteiger partial charge in [-0.05, 0) is 87.3 Å². The number of hydrogen-bond donors (Lipinski definition) is 3. The van der Waals surface area contributed by atoms with Crippen molar-refractivity contribution in [2.75, 3.05) is 44.7 Å². The lowest BCUT2D eigenvalue weighted by Gasteiger charge is -2.38. The molecule has 9 rings (SSSR count). The number of aliphatic hydroxyl groups excluding tert-OH is 1. The fraction of sp³-hybridized carbons (Fsp3) is 0.452. The number of amides is 5. The van der Waals surface area contributed by atoms with Gasteiger partial charge in [-0.25, -0.2) is 0 Å². The molecular weight excluding hydrogens is 729 g/mol. The number of allylic oxidation sites excluding steroid dienone is 2. The minimum atomic E-state index is -0.973. The number of rotatable bonds is 9. The van der Waals surface area contributed by atoms with Crippen molar-refractivity contribution < 1.29 is 38.5 Å². The van der Waals surface area contributed by atoms with Gasteiger partial charge in [0.25, 0.3) is 17.7 Å². The van der Waals surface area contributed by atoms with Crippen LogP contribution >= 0.6 is 0 Å². The highest BCUT2D eigenvalue weighted by Gasteiger charge is 2.45. The molecule has 2 saturated carbocycles. The third kappa shape index (κ3) is 7.25. The number of benzene rings is 2. The Morgan fingerprint density at radius 2 is 1.75 bits per heavy atom. The summed E-state index contributed by atoms with van der Waals surface area (Å²) in [6.45, 7) is 4.44. The number of fused-ring (bicyclic) bond motifs is 2. The molecule has 2 aliphatic carbocycles. The largest absolute Gasteiger partial charge is 0.496 e. The van der Waals surface area contributed by atoms with E-state index in [0.29, 0.717) is 46.0 Å². The van der Waals surface area contributed by atoms with Crippen molar-refractivity contribution in [2.24, 2.45) is 16.9 Å². The van der Waals surface area contributed by atoms with Crippen LogP contribution in [-0.4, -0.2) is 118 Å². The Bertz CT molecular complexity index is 2270. The van der Waals surface area contributed by atoms with Crippen LogP contribution in [0.15, 0.2) is 59.5 Å². The van der Waals surface area contributed by atoms with Gasteiger partial charge in [-0.2, -0.15) is 0 Å². The number of nitrogens with zero attached hydrogens (tertiary/aromatic N) is 6. The van der Waals surface area contributed by atoms with Crippen LogP contribution < -0.4 is 30.8 Å². The molecule has 296 valence electrons. The Kier molecular flexibility index (Phi) is 9.73. The number of hydrogen-bond acceptors (Lipinski definition) is 11. The number of imide groups is 2. The van der Waals surface area contributed by atoms with Crippen LogP contribution in [0, 0.1) is 11.8 Å². The van der Waals surface area contributed by atoms with Crippen molar-refractivity contribution in [1.29, 1.82) is 0 Å². The number of piperazine rings is 1. The predicted octanol–water partition coefficient (Wildman–Crippen LogP) is 1.02. The number of methoxy groups -OCH3 is 1. The molecule has 7 aliphatic rings. The zero-order valence-corrected chi connectivity index (χ0v) is 31.9. The number of nitrogens with one attached hydrogen (secondary N) is 2. The van der Waals surface area contributed by atoms with Gasteiger partial charge in [0.1, 0.15) is 17.1 Å². The van der Waals surface area contributed by atoms with Crippen molar-refractivity contribution in [3.8, 4) is 5.75 Å². The summed E-state index contributed by atoms with van der Waals surface area (Å²) in [4.78, 5) is 71.6. The van der Waals surface area contributed by atoms with E-state index >= 15 is 0 Å². The average Bonchev–Trinajstić information content (AvgIpc) is 3.93. The molecule has 57 heavy (non-hydrogen) atoms. The van der Waals surface area contributed by atoms with E-state index in [4.69, 9.17) is 9.84 Å². The van der Waals surface area contributed by atoms with E-state index in [2.05, 4.69) is 26.6 Å². The Labute approximate surface area is 329 Å². The zero-order chi connectivity index (χ0) is 39.4. The van der Waals surface area contributed by atoms with Crippen molar-refractivity contribution in [1.82, 2.24) is 25.3 Å². The molecule has 15 heteroatoms. The van der Waals surface area contributed by atoms with Gasteiger partial charge in [-0.1, -0.05) is 4.68 Å². The Morgan fingerprint density at radius 1 is 0.982 bits per heavy atom. The highest BCUT2D eigenvalue weighted by molar-refractivity contribution is 6.23. The molecule has 15 nitrogen and oxygen atoms in total. The van der Waals surface area contributed by atoms with Crippen molar-refractivity contribution in [2.45, 2.75) is 69.7 Å². The second-order valence-electron chi connectivity index (χ2n) is 16.1. The lowest BCUT2D eigenvalue weighted by atomic mass is 9.82. The van der Waals surface area contributed by atoms with E-state index in [9.17, 15) is 29.1 Å². The van der Waals surface area contributed by atoms with Gasteiger partial charge in [0.05, 0.1) is 34.7 Å². The minimum Gasteiger partial charge on any atom is -0.496 e. The SMILES string of the molecule is COc1cc2c(cc1C(=O)NC1=CC=CN(C3CC3)C1O)=C/[N+](=C\C1CCC(CN3CCN(c4ccc5c(c4)C(=O)N(C4CCC(=O)NC4=O)C5=O)CC3)CC1)N=2. The van der Waals surface area contributed by atoms with Gasteiger partial charge in [0.2, 0.25) is 18.0 Å². The first kappa shape index (κ1) is 36.9. The molecule has 5 heterocycles. The van der Waals surface area contributed by atoms with Crippen molar-refractivity contribution in [3.05, 3.63) is 81.6 Å². The second kappa shape index (κ2) is 15.0. The van der Waals surface area contributed by atoms with Crippen LogP contribution in [0.3, 0.4) is 0 Å². The summed E-state index contributed by atoms with van der Waals surface area (Å²) < 4.78 is 7.47. The molecule has 2 aromatic rings. The highest BCUT2D eigenvalue weighted by atomic mass is 16.5. The monoisotopic (exact) mass is 775 g/mol. The standard InChI is InChI=1S/C42H46N8O7/c1-57-36-21-34-27(19-32(36)38(52)43-33-3-2-14-49(42(33)56)28-8-9-28)24-48(45-34)23-26-6-4-25(5-7-26)22-46-15-17-47(18-16-46)29-10-11-30-31(20-29)41(55)50(40(30)54)35-12-13-37(51)44-39(35)53/h2-3,10-11,14,19-21,23-26,28,35,42,56H,4-9,12-13,15-18,22H2,1H3,(H-,43,44,51,52,53)/p+1/b48-23+. The molecule has 2 unspecified atom stereocenters. The number of piperidine rings is 1. The fourth-order valence-corrected chi connectivity index (χ4v) is 9.01. The molecule has 2 atom stereocenters. The van der Waals surface area contributed by atoms with Gasteiger partial charge >= 0.3 is 0 Å². The van der Waals surface area contributed by atoms with Gasteiger partial charge in [0, 0.05) is 74.2 Å². The Balaban J connectivity index is 0.767. The Hall–Kier alpha value is -5.67. The fourth-order valence-electron chi connectivity index (χ4n) is 9.01. The normalized spacial score (nSPS) is 26.8. The van der Waals surface area contributed by atoms with E-state index in [1.807, 2.05) is 34.1 Å². The molecule has 5 amide bonds. The molecule has 2 aromatic carbocycles. The lowest BCUT2D eigenvalue weighted by molar-refractivity contribution is -0.424. The predicted molar refractivity (Wildman–Crippen MR) is 207 cm³/mol. The summed E-state index contributed by atoms with van der Waals surface area (Å²) in [6, 6.07) is 8.25.